The van der Waals surface area contributed by atoms with Crippen molar-refractivity contribution in [3.63, 3.8) is 0 Å². The van der Waals surface area contributed by atoms with Crippen molar-refractivity contribution >= 4 is 5.97 Å². The van der Waals surface area contributed by atoms with E-state index in [0.717, 1.165) is 25.7 Å². The molecule has 0 radical (unpaired) electrons. The summed E-state index contributed by atoms with van der Waals surface area (Å²) in [5.41, 5.74) is 10.5. The van der Waals surface area contributed by atoms with Crippen molar-refractivity contribution < 1.29 is 9.53 Å². The molecule has 2 heteroatoms. The lowest BCUT2D eigenvalue weighted by atomic mass is 10.1. The molecule has 0 aromatic rings. The van der Waals surface area contributed by atoms with Gasteiger partial charge in [0.15, 0.2) is 0 Å². The fourth-order valence-corrected chi connectivity index (χ4v) is 3.62. The Morgan fingerprint density at radius 1 is 0.457 bits per heavy atom. The molecule has 0 aliphatic heterocycles. The number of ether oxygens (including phenoxy) is 1. The van der Waals surface area contributed by atoms with Gasteiger partial charge in [0.1, 0.15) is 0 Å². The Kier molecular flexibility index (Phi) is 28.6. The van der Waals surface area contributed by atoms with Crippen LogP contribution in [0.25, 0.3) is 0 Å². The summed E-state index contributed by atoms with van der Waals surface area (Å²) in [6, 6.07) is 0. The number of carbonyl (C=O) groups excluding carboxylic acids is 1. The largest absolute Gasteiger partial charge is 0.466 e. The van der Waals surface area contributed by atoms with Crippen LogP contribution in [0.3, 0.4) is 0 Å². The number of hydrogen-bond acceptors (Lipinski definition) is 2. The van der Waals surface area contributed by atoms with Gasteiger partial charge < -0.3 is 4.74 Å². The fourth-order valence-electron chi connectivity index (χ4n) is 3.62. The van der Waals surface area contributed by atoms with Crippen LogP contribution in [0.2, 0.25) is 0 Å². The molecular weight excluding hydrogens is 560 g/mol. The third-order valence-corrected chi connectivity index (χ3v) is 6.28. The minimum Gasteiger partial charge on any atom is -0.466 e. The molecule has 0 heterocycles. The zero-order chi connectivity index (χ0) is 35.2. The van der Waals surface area contributed by atoms with E-state index in [4.69, 9.17) is 0 Å². The lowest BCUT2D eigenvalue weighted by Gasteiger charge is -1.96. The predicted octanol–water partition coefficient (Wildman–Crippen LogP) is 13.5. The summed E-state index contributed by atoms with van der Waals surface area (Å²) in [7, 11) is 0. The maximum atomic E-state index is 9.82. The topological polar surface area (TPSA) is 26.3 Å². The second-order valence-corrected chi connectivity index (χ2v) is 12.1. The fraction of sp³-hybridized carbons (Fsp3) is 0.386. The SMILES string of the molecule is CC(C)=CCC/C(C)=C/C=C/C(C)=C/C=C/C(C)=C/C=C/C=C(C)/C=C/C=C(C)/C=C/C=C(\C)CCC=C(C)C.CCOC(C)=O. The van der Waals surface area contributed by atoms with Crippen molar-refractivity contribution in [2.24, 2.45) is 0 Å². The summed E-state index contributed by atoms with van der Waals surface area (Å²) in [6.45, 7) is 25.2. The quantitative estimate of drug-likeness (QED) is 0.0914. The standard InChI is InChI=1S/C40H56.C4H8O2/c1-33(2)19-13-23-37(7)27-17-31-39(9)29-15-25-35(5)21-11-12-22-36(6)26-16-30-40(10)32-18-28-38(8)24-14-20-34(3)4;1-3-6-4(2)5/h11-12,15-22,25-32H,13-14,23-24H2,1-10H3;3H2,1-2H3/b12-11+,25-15+,26-16+,31-17+,32-18+,35-21+,36-22+,37-27+,38-28+,39-29+,40-30+;. The molecule has 0 aliphatic rings. The molecule has 0 aromatic carbocycles. The third-order valence-electron chi connectivity index (χ3n) is 6.28. The molecule has 0 saturated heterocycles. The van der Waals surface area contributed by atoms with Gasteiger partial charge in [0.25, 0.3) is 0 Å². The number of allylic oxidation sites excluding steroid dienone is 26. The van der Waals surface area contributed by atoms with E-state index in [-0.39, 0.29) is 5.97 Å². The van der Waals surface area contributed by atoms with Crippen LogP contribution in [0.15, 0.2) is 154 Å². The van der Waals surface area contributed by atoms with Gasteiger partial charge in [-0.3, -0.25) is 4.79 Å². The number of rotatable bonds is 17. The van der Waals surface area contributed by atoms with E-state index < -0.39 is 0 Å². The van der Waals surface area contributed by atoms with E-state index in [1.807, 2.05) is 0 Å². The van der Waals surface area contributed by atoms with Crippen molar-refractivity contribution in [2.75, 3.05) is 6.61 Å². The summed E-state index contributed by atoms with van der Waals surface area (Å²) >= 11 is 0. The Hall–Kier alpha value is -3.91. The minimum absolute atomic E-state index is 0.211. The molecule has 252 valence electrons. The van der Waals surface area contributed by atoms with Crippen LogP contribution >= 0.6 is 0 Å². The summed E-state index contributed by atoms with van der Waals surface area (Å²) < 4.78 is 4.40. The van der Waals surface area contributed by atoms with E-state index in [0.29, 0.717) is 6.61 Å². The molecule has 0 spiro atoms. The Bertz CT molecular complexity index is 1180. The molecule has 2 nitrogen and oxygen atoms in total. The second-order valence-electron chi connectivity index (χ2n) is 12.1. The smallest absolute Gasteiger partial charge is 0.302 e. The highest BCUT2D eigenvalue weighted by Crippen LogP contribution is 2.09. The van der Waals surface area contributed by atoms with Crippen LogP contribution in [-0.2, 0) is 9.53 Å². The van der Waals surface area contributed by atoms with Crippen LogP contribution in [0.5, 0.6) is 0 Å². The monoisotopic (exact) mass is 624 g/mol. The first-order chi connectivity index (χ1) is 21.8. The van der Waals surface area contributed by atoms with Gasteiger partial charge >= 0.3 is 5.97 Å². The average molecular weight is 625 g/mol. The van der Waals surface area contributed by atoms with Crippen molar-refractivity contribution in [1.82, 2.24) is 0 Å². The molecule has 0 aromatic heterocycles. The Labute approximate surface area is 284 Å². The number of hydrogen-bond donors (Lipinski definition) is 0. The number of esters is 1. The average Bonchev–Trinajstić information content (AvgIpc) is 2.95. The Morgan fingerprint density at radius 3 is 1.02 bits per heavy atom. The van der Waals surface area contributed by atoms with Crippen LogP contribution in [0, 0.1) is 0 Å². The van der Waals surface area contributed by atoms with E-state index >= 15 is 0 Å². The van der Waals surface area contributed by atoms with Gasteiger partial charge in [-0.05, 0) is 102 Å². The zero-order valence-corrected chi connectivity index (χ0v) is 31.2. The second kappa shape index (κ2) is 29.8. The first-order valence-corrected chi connectivity index (χ1v) is 16.6. The molecule has 0 aliphatic carbocycles. The normalized spacial score (nSPS) is 14.1. The molecule has 0 N–H and O–H groups in total. The molecule has 0 bridgehead atoms. The number of carbonyl (C=O) groups is 1. The molecule has 0 unspecified atom stereocenters. The maximum Gasteiger partial charge on any atom is 0.302 e. The predicted molar refractivity (Wildman–Crippen MR) is 208 cm³/mol. The van der Waals surface area contributed by atoms with Gasteiger partial charge in [0, 0.05) is 6.92 Å². The maximum absolute atomic E-state index is 9.82. The highest BCUT2D eigenvalue weighted by Gasteiger charge is 1.89. The van der Waals surface area contributed by atoms with Crippen molar-refractivity contribution in [2.45, 2.75) is 109 Å². The van der Waals surface area contributed by atoms with Crippen molar-refractivity contribution in [1.29, 1.82) is 0 Å². The van der Waals surface area contributed by atoms with E-state index in [9.17, 15) is 4.79 Å². The summed E-state index contributed by atoms with van der Waals surface area (Å²) in [6.07, 6.45) is 43.3. The third kappa shape index (κ3) is 34.6. The van der Waals surface area contributed by atoms with E-state index in [1.54, 1.807) is 6.92 Å². The van der Waals surface area contributed by atoms with Gasteiger partial charge in [0.05, 0.1) is 6.61 Å². The molecule has 46 heavy (non-hydrogen) atoms. The highest BCUT2D eigenvalue weighted by atomic mass is 16.5. The van der Waals surface area contributed by atoms with Gasteiger partial charge in [-0.1, -0.05) is 154 Å². The molecule has 0 amide bonds. The van der Waals surface area contributed by atoms with Crippen molar-refractivity contribution in [3.8, 4) is 0 Å². The van der Waals surface area contributed by atoms with Gasteiger partial charge in [-0.15, -0.1) is 0 Å². The molecule has 0 saturated carbocycles. The Balaban J connectivity index is 0. The first kappa shape index (κ1) is 44.2. The summed E-state index contributed by atoms with van der Waals surface area (Å²) in [4.78, 5) is 9.82. The van der Waals surface area contributed by atoms with Gasteiger partial charge in [-0.2, -0.15) is 0 Å². The van der Waals surface area contributed by atoms with Crippen LogP contribution in [0.4, 0.5) is 0 Å². The summed E-state index contributed by atoms with van der Waals surface area (Å²) in [5.74, 6) is -0.211. The lowest BCUT2D eigenvalue weighted by molar-refractivity contribution is -0.140. The first-order valence-electron chi connectivity index (χ1n) is 16.6. The Morgan fingerprint density at radius 2 is 0.761 bits per heavy atom. The van der Waals surface area contributed by atoms with E-state index in [1.165, 1.54) is 51.5 Å². The van der Waals surface area contributed by atoms with Crippen molar-refractivity contribution in [3.05, 3.63) is 154 Å². The zero-order valence-electron chi connectivity index (χ0n) is 31.2. The highest BCUT2D eigenvalue weighted by molar-refractivity contribution is 5.65. The van der Waals surface area contributed by atoms with Gasteiger partial charge in [0.2, 0.25) is 0 Å². The molecule has 0 rings (SSSR count). The summed E-state index contributed by atoms with van der Waals surface area (Å²) in [5, 5.41) is 0. The van der Waals surface area contributed by atoms with Crippen LogP contribution in [0.1, 0.15) is 109 Å². The molecular formula is C44H64O2. The molecule has 0 fully saturated rings. The van der Waals surface area contributed by atoms with Crippen LogP contribution in [-0.4, -0.2) is 12.6 Å². The van der Waals surface area contributed by atoms with E-state index in [2.05, 4.69) is 183 Å². The van der Waals surface area contributed by atoms with Gasteiger partial charge in [-0.25, -0.2) is 0 Å². The van der Waals surface area contributed by atoms with Crippen LogP contribution < -0.4 is 0 Å². The molecule has 0 atom stereocenters. The lowest BCUT2D eigenvalue weighted by Crippen LogP contribution is -1.95. The minimum atomic E-state index is -0.211.